The van der Waals surface area contributed by atoms with Gasteiger partial charge in [-0.25, -0.2) is 0 Å². The molecule has 1 aliphatic carbocycles. The van der Waals surface area contributed by atoms with Gasteiger partial charge in [0.2, 0.25) is 0 Å². The van der Waals surface area contributed by atoms with Crippen LogP contribution in [0.2, 0.25) is 0 Å². The molecular formula is C18H28N4. The lowest BCUT2D eigenvalue weighted by molar-refractivity contribution is 0.412. The molecule has 1 aliphatic heterocycles. The lowest BCUT2D eigenvalue weighted by atomic mass is 9.96. The van der Waals surface area contributed by atoms with Gasteiger partial charge in [-0.3, -0.25) is 4.99 Å². The highest BCUT2D eigenvalue weighted by Gasteiger charge is 2.22. The Bertz CT molecular complexity index is 520. The second kappa shape index (κ2) is 7.03. The maximum atomic E-state index is 6.07. The first kappa shape index (κ1) is 15.2. The molecule has 1 atom stereocenters. The molecular weight excluding hydrogens is 272 g/mol. The number of benzene rings is 1. The zero-order valence-electron chi connectivity index (χ0n) is 13.6. The van der Waals surface area contributed by atoms with Crippen LogP contribution >= 0.6 is 0 Å². The van der Waals surface area contributed by atoms with Gasteiger partial charge in [0.1, 0.15) is 0 Å². The first-order valence-corrected chi connectivity index (χ1v) is 8.65. The van der Waals surface area contributed by atoms with Crippen molar-refractivity contribution in [1.29, 1.82) is 0 Å². The molecule has 3 rings (SSSR count). The van der Waals surface area contributed by atoms with E-state index in [0.29, 0.717) is 18.0 Å². The second-order valence-electron chi connectivity index (χ2n) is 6.63. The molecule has 1 heterocycles. The number of rotatable bonds is 4. The van der Waals surface area contributed by atoms with Crippen molar-refractivity contribution in [3.63, 3.8) is 0 Å². The second-order valence-corrected chi connectivity index (χ2v) is 6.63. The molecule has 2 aliphatic rings. The Kier molecular flexibility index (Phi) is 4.86. The van der Waals surface area contributed by atoms with Crippen LogP contribution in [0, 0.1) is 0 Å². The van der Waals surface area contributed by atoms with Crippen molar-refractivity contribution in [2.75, 3.05) is 18.0 Å². The summed E-state index contributed by atoms with van der Waals surface area (Å²) in [7, 11) is 0. The molecule has 3 N–H and O–H groups in total. The maximum Gasteiger partial charge on any atom is 0.188 e. The Morgan fingerprint density at radius 3 is 2.91 bits per heavy atom. The van der Waals surface area contributed by atoms with Crippen LogP contribution < -0.4 is 16.0 Å². The molecule has 0 radical (unpaired) electrons. The van der Waals surface area contributed by atoms with Crippen LogP contribution in [0.4, 0.5) is 5.69 Å². The van der Waals surface area contributed by atoms with Crippen molar-refractivity contribution < 1.29 is 0 Å². The number of nitrogens with zero attached hydrogens (tertiary/aromatic N) is 2. The van der Waals surface area contributed by atoms with E-state index in [2.05, 4.69) is 46.4 Å². The van der Waals surface area contributed by atoms with Crippen molar-refractivity contribution in [2.24, 2.45) is 10.7 Å². The smallest absolute Gasteiger partial charge is 0.188 e. The van der Waals surface area contributed by atoms with Gasteiger partial charge in [0.25, 0.3) is 0 Å². The van der Waals surface area contributed by atoms with E-state index in [-0.39, 0.29) is 0 Å². The van der Waals surface area contributed by atoms with Crippen molar-refractivity contribution in [2.45, 2.75) is 57.5 Å². The van der Waals surface area contributed by atoms with Crippen LogP contribution in [-0.4, -0.2) is 31.1 Å². The van der Waals surface area contributed by atoms with Gasteiger partial charge in [0.15, 0.2) is 5.96 Å². The number of fused-ring (bicyclic) bond motifs is 1. The highest BCUT2D eigenvalue weighted by molar-refractivity contribution is 5.78. The van der Waals surface area contributed by atoms with Crippen molar-refractivity contribution >= 4 is 11.6 Å². The summed E-state index contributed by atoms with van der Waals surface area (Å²) in [5.41, 5.74) is 8.88. The third-order valence-electron chi connectivity index (χ3n) is 4.94. The Morgan fingerprint density at radius 1 is 1.32 bits per heavy atom. The first-order valence-electron chi connectivity index (χ1n) is 8.65. The Hall–Kier alpha value is -1.71. The van der Waals surface area contributed by atoms with Crippen molar-refractivity contribution in [3.8, 4) is 0 Å². The topological polar surface area (TPSA) is 53.6 Å². The predicted molar refractivity (Wildman–Crippen MR) is 93.5 cm³/mol. The molecule has 120 valence electrons. The first-order chi connectivity index (χ1) is 10.7. The largest absolute Gasteiger partial charge is 0.370 e. The molecule has 1 aromatic carbocycles. The number of hydrogen-bond acceptors (Lipinski definition) is 2. The minimum atomic E-state index is 0.385. The van der Waals surface area contributed by atoms with Gasteiger partial charge in [0.05, 0.1) is 6.54 Å². The monoisotopic (exact) mass is 300 g/mol. The fourth-order valence-corrected chi connectivity index (χ4v) is 3.65. The molecule has 0 bridgehead atoms. The summed E-state index contributed by atoms with van der Waals surface area (Å²) < 4.78 is 0. The van der Waals surface area contributed by atoms with E-state index in [4.69, 9.17) is 5.73 Å². The van der Waals surface area contributed by atoms with Crippen molar-refractivity contribution in [3.05, 3.63) is 29.8 Å². The Labute approximate surface area is 133 Å². The molecule has 0 saturated heterocycles. The van der Waals surface area contributed by atoms with E-state index in [1.54, 1.807) is 0 Å². The molecule has 4 nitrogen and oxygen atoms in total. The molecule has 1 saturated carbocycles. The lowest BCUT2D eigenvalue weighted by Crippen LogP contribution is -2.42. The van der Waals surface area contributed by atoms with Crippen LogP contribution in [0.5, 0.6) is 0 Å². The standard InChI is InChI=1S/C18H28N4/c1-14(22-12-11-15-7-5-6-10-17(15)22)13-20-18(19)21-16-8-3-2-4-9-16/h5-7,10,14,16H,2-4,8-9,11-13H2,1H3,(H3,19,20,21). The molecule has 1 unspecified atom stereocenters. The van der Waals surface area contributed by atoms with Crippen LogP contribution in [0.1, 0.15) is 44.6 Å². The molecule has 4 heteroatoms. The van der Waals surface area contributed by atoms with Crippen LogP contribution in [0.3, 0.4) is 0 Å². The zero-order chi connectivity index (χ0) is 15.4. The van der Waals surface area contributed by atoms with E-state index >= 15 is 0 Å². The maximum absolute atomic E-state index is 6.07. The van der Waals surface area contributed by atoms with Crippen molar-refractivity contribution in [1.82, 2.24) is 5.32 Å². The number of para-hydroxylation sites is 1. The molecule has 0 amide bonds. The summed E-state index contributed by atoms with van der Waals surface area (Å²) in [5, 5.41) is 3.39. The average Bonchev–Trinajstić information content (AvgIpc) is 2.98. The fraction of sp³-hybridized carbons (Fsp3) is 0.611. The van der Waals surface area contributed by atoms with E-state index in [9.17, 15) is 0 Å². The van der Waals surface area contributed by atoms with E-state index in [1.165, 1.54) is 43.4 Å². The predicted octanol–water partition coefficient (Wildman–Crippen LogP) is 2.67. The summed E-state index contributed by atoms with van der Waals surface area (Å²) in [4.78, 5) is 7.03. The van der Waals surface area contributed by atoms with Gasteiger partial charge in [0, 0.05) is 24.3 Å². The van der Waals surface area contributed by atoms with Crippen LogP contribution in [0.25, 0.3) is 0 Å². The van der Waals surface area contributed by atoms with Gasteiger partial charge in [-0.05, 0) is 37.8 Å². The minimum absolute atomic E-state index is 0.385. The number of aliphatic imine (C=N–C) groups is 1. The third-order valence-corrected chi connectivity index (χ3v) is 4.94. The highest BCUT2D eigenvalue weighted by atomic mass is 15.2. The Balaban J connectivity index is 1.53. The SMILES string of the molecule is CC(CN=C(N)NC1CCCCC1)N1CCc2ccccc21. The average molecular weight is 300 g/mol. The highest BCUT2D eigenvalue weighted by Crippen LogP contribution is 2.29. The zero-order valence-corrected chi connectivity index (χ0v) is 13.6. The van der Waals surface area contributed by atoms with Gasteiger partial charge in [-0.1, -0.05) is 37.5 Å². The third kappa shape index (κ3) is 3.54. The normalized spacial score (nSPS) is 20.8. The van der Waals surface area contributed by atoms with E-state index < -0.39 is 0 Å². The summed E-state index contributed by atoms with van der Waals surface area (Å²) in [5.74, 6) is 0.617. The molecule has 1 aromatic rings. The number of nitrogens with one attached hydrogen (secondary N) is 1. The quantitative estimate of drug-likeness (QED) is 0.664. The molecule has 0 spiro atoms. The van der Waals surface area contributed by atoms with E-state index in [0.717, 1.165) is 19.5 Å². The number of guanidine groups is 1. The molecule has 1 fully saturated rings. The summed E-state index contributed by atoms with van der Waals surface area (Å²) in [6.07, 6.45) is 7.58. The van der Waals surface area contributed by atoms with Crippen LogP contribution in [-0.2, 0) is 6.42 Å². The summed E-state index contributed by atoms with van der Waals surface area (Å²) in [6, 6.07) is 9.59. The fourth-order valence-electron chi connectivity index (χ4n) is 3.65. The van der Waals surface area contributed by atoms with E-state index in [1.807, 2.05) is 0 Å². The lowest BCUT2D eigenvalue weighted by Gasteiger charge is -2.27. The van der Waals surface area contributed by atoms with Gasteiger partial charge in [-0.15, -0.1) is 0 Å². The van der Waals surface area contributed by atoms with Gasteiger partial charge >= 0.3 is 0 Å². The number of nitrogens with two attached hydrogens (primary N) is 1. The molecule has 22 heavy (non-hydrogen) atoms. The summed E-state index contributed by atoms with van der Waals surface area (Å²) >= 11 is 0. The summed E-state index contributed by atoms with van der Waals surface area (Å²) in [6.45, 7) is 4.07. The number of hydrogen-bond donors (Lipinski definition) is 2. The van der Waals surface area contributed by atoms with Gasteiger partial charge in [-0.2, -0.15) is 0 Å². The minimum Gasteiger partial charge on any atom is -0.370 e. The number of anilines is 1. The molecule has 0 aromatic heterocycles. The Morgan fingerprint density at radius 2 is 2.09 bits per heavy atom. The van der Waals surface area contributed by atoms with Gasteiger partial charge < -0.3 is 16.0 Å². The van der Waals surface area contributed by atoms with Crippen LogP contribution in [0.15, 0.2) is 29.3 Å².